The molecule has 2 aromatic rings. The van der Waals surface area contributed by atoms with E-state index in [0.29, 0.717) is 31.7 Å². The summed E-state index contributed by atoms with van der Waals surface area (Å²) in [5.74, 6) is -0.346. The molecule has 2 aliphatic rings. The molecule has 7 nitrogen and oxygen atoms in total. The molecule has 1 amide bonds. The summed E-state index contributed by atoms with van der Waals surface area (Å²) in [6.07, 6.45) is -2.03. The molecule has 2 heterocycles. The van der Waals surface area contributed by atoms with E-state index in [9.17, 15) is 18.0 Å². The molecule has 3 N–H and O–H groups in total. The van der Waals surface area contributed by atoms with Crippen molar-refractivity contribution in [3.05, 3.63) is 59.7 Å². The van der Waals surface area contributed by atoms with Crippen molar-refractivity contribution in [3.63, 3.8) is 0 Å². The SMILES string of the molecule is CC1N=C(N)N=CC1c1ccc(C2(C(=O)Nc3ccc(OC(F)(F)F)cc3)CCOCC2)cc1. The average Bonchev–Trinajstić information content (AvgIpc) is 2.80. The third-order valence-electron chi connectivity index (χ3n) is 6.20. The van der Waals surface area contributed by atoms with Crippen LogP contribution in [-0.4, -0.2) is 43.7 Å². The quantitative estimate of drug-likeness (QED) is 0.681. The number of benzene rings is 2. The number of hydrogen-bond donors (Lipinski definition) is 2. The molecule has 0 spiro atoms. The lowest BCUT2D eigenvalue weighted by Gasteiger charge is -2.36. The number of hydrogen-bond acceptors (Lipinski definition) is 6. The van der Waals surface area contributed by atoms with Crippen molar-refractivity contribution in [1.82, 2.24) is 0 Å². The molecular weight excluding hydrogens is 449 g/mol. The van der Waals surface area contributed by atoms with Gasteiger partial charge < -0.3 is 20.5 Å². The monoisotopic (exact) mass is 474 g/mol. The second kappa shape index (κ2) is 9.46. The summed E-state index contributed by atoms with van der Waals surface area (Å²) in [6.45, 7) is 2.82. The number of alkyl halides is 3. The summed E-state index contributed by atoms with van der Waals surface area (Å²) in [5.41, 5.74) is 7.09. The highest BCUT2D eigenvalue weighted by molar-refractivity contribution is 5.99. The predicted molar refractivity (Wildman–Crippen MR) is 122 cm³/mol. The number of aliphatic imine (C=N–C) groups is 2. The molecule has 2 aromatic carbocycles. The molecule has 34 heavy (non-hydrogen) atoms. The van der Waals surface area contributed by atoms with Gasteiger partial charge in [0.15, 0.2) is 0 Å². The lowest BCUT2D eigenvalue weighted by atomic mass is 9.72. The molecule has 2 unspecified atom stereocenters. The highest BCUT2D eigenvalue weighted by atomic mass is 19.4. The predicted octanol–water partition coefficient (Wildman–Crippen LogP) is 4.14. The molecule has 1 saturated heterocycles. The molecule has 180 valence electrons. The zero-order chi connectivity index (χ0) is 24.3. The number of nitrogens with zero attached hydrogens (tertiary/aromatic N) is 2. The number of guanidine groups is 1. The van der Waals surface area contributed by atoms with Gasteiger partial charge in [-0.1, -0.05) is 24.3 Å². The second-order valence-electron chi connectivity index (χ2n) is 8.37. The van der Waals surface area contributed by atoms with Crippen LogP contribution in [0, 0.1) is 0 Å². The van der Waals surface area contributed by atoms with E-state index in [-0.39, 0.29) is 29.6 Å². The van der Waals surface area contributed by atoms with E-state index in [1.165, 1.54) is 12.1 Å². The Bertz CT molecular complexity index is 1080. The van der Waals surface area contributed by atoms with E-state index >= 15 is 0 Å². The van der Waals surface area contributed by atoms with Gasteiger partial charge in [0.05, 0.1) is 11.5 Å². The number of ether oxygens (including phenoxy) is 2. The fourth-order valence-corrected chi connectivity index (χ4v) is 4.35. The summed E-state index contributed by atoms with van der Waals surface area (Å²) >= 11 is 0. The zero-order valence-corrected chi connectivity index (χ0v) is 18.5. The van der Waals surface area contributed by atoms with E-state index in [0.717, 1.165) is 23.3 Å². The van der Waals surface area contributed by atoms with Gasteiger partial charge in [0.25, 0.3) is 0 Å². The highest BCUT2D eigenvalue weighted by Gasteiger charge is 2.42. The lowest BCUT2D eigenvalue weighted by Crippen LogP contribution is -2.44. The third kappa shape index (κ3) is 5.22. The minimum Gasteiger partial charge on any atom is -0.406 e. The molecule has 0 aromatic heterocycles. The number of rotatable bonds is 5. The Balaban J connectivity index is 1.54. The first-order valence-electron chi connectivity index (χ1n) is 10.9. The molecule has 0 saturated carbocycles. The molecular formula is C24H25F3N4O3. The minimum atomic E-state index is -4.77. The van der Waals surface area contributed by atoms with E-state index in [1.54, 1.807) is 6.21 Å². The van der Waals surface area contributed by atoms with Gasteiger partial charge in [-0.25, -0.2) is 9.98 Å². The van der Waals surface area contributed by atoms with Gasteiger partial charge in [-0.15, -0.1) is 13.2 Å². The largest absolute Gasteiger partial charge is 0.573 e. The van der Waals surface area contributed by atoms with E-state index < -0.39 is 11.8 Å². The molecule has 0 bridgehead atoms. The molecule has 10 heteroatoms. The lowest BCUT2D eigenvalue weighted by molar-refractivity contribution is -0.274. The fourth-order valence-electron chi connectivity index (χ4n) is 4.35. The molecule has 1 fully saturated rings. The first-order chi connectivity index (χ1) is 16.2. The van der Waals surface area contributed by atoms with Gasteiger partial charge in [0, 0.05) is 31.0 Å². The second-order valence-corrected chi connectivity index (χ2v) is 8.37. The first kappa shape index (κ1) is 23.7. The van der Waals surface area contributed by atoms with Gasteiger partial charge in [0.1, 0.15) is 5.75 Å². The number of halogens is 3. The number of carbonyl (C=O) groups is 1. The maximum absolute atomic E-state index is 13.4. The Morgan fingerprint density at radius 1 is 1.12 bits per heavy atom. The normalized spacial score (nSPS) is 22.1. The van der Waals surface area contributed by atoms with Crippen LogP contribution in [0.3, 0.4) is 0 Å². The van der Waals surface area contributed by atoms with Crippen LogP contribution < -0.4 is 15.8 Å². The molecule has 0 aliphatic carbocycles. The van der Waals surface area contributed by atoms with E-state index in [4.69, 9.17) is 10.5 Å². The maximum atomic E-state index is 13.4. The van der Waals surface area contributed by atoms with Crippen LogP contribution >= 0.6 is 0 Å². The zero-order valence-electron chi connectivity index (χ0n) is 18.5. The van der Waals surface area contributed by atoms with Gasteiger partial charge in [-0.2, -0.15) is 0 Å². The third-order valence-corrected chi connectivity index (χ3v) is 6.20. The number of nitrogens with two attached hydrogens (primary N) is 1. The van der Waals surface area contributed by atoms with Crippen molar-refractivity contribution in [2.24, 2.45) is 15.7 Å². The van der Waals surface area contributed by atoms with Crippen LogP contribution in [0.25, 0.3) is 0 Å². The summed E-state index contributed by atoms with van der Waals surface area (Å²) in [4.78, 5) is 21.9. The Morgan fingerprint density at radius 3 is 2.35 bits per heavy atom. The van der Waals surface area contributed by atoms with Crippen molar-refractivity contribution in [3.8, 4) is 5.75 Å². The van der Waals surface area contributed by atoms with Crippen LogP contribution in [-0.2, 0) is 14.9 Å². The Hall–Kier alpha value is -3.40. The molecule has 2 aliphatic heterocycles. The van der Waals surface area contributed by atoms with Gasteiger partial charge in [0.2, 0.25) is 11.9 Å². The van der Waals surface area contributed by atoms with Crippen LogP contribution in [0.4, 0.5) is 18.9 Å². The van der Waals surface area contributed by atoms with E-state index in [2.05, 4.69) is 20.0 Å². The maximum Gasteiger partial charge on any atom is 0.573 e. The van der Waals surface area contributed by atoms with Crippen LogP contribution in [0.1, 0.15) is 36.8 Å². The molecule has 4 rings (SSSR count). The first-order valence-corrected chi connectivity index (χ1v) is 10.9. The fraction of sp³-hybridized carbons (Fsp3) is 0.375. The van der Waals surface area contributed by atoms with Crippen LogP contribution in [0.15, 0.2) is 58.5 Å². The summed E-state index contributed by atoms with van der Waals surface area (Å²) < 4.78 is 46.6. The average molecular weight is 474 g/mol. The number of nitrogens with one attached hydrogen (secondary N) is 1. The van der Waals surface area contributed by atoms with Crippen molar-refractivity contribution in [2.45, 2.75) is 43.5 Å². The minimum absolute atomic E-state index is 0.0155. The van der Waals surface area contributed by atoms with Crippen LogP contribution in [0.5, 0.6) is 5.75 Å². The van der Waals surface area contributed by atoms with E-state index in [1.807, 2.05) is 31.2 Å². The van der Waals surface area contributed by atoms with Crippen molar-refractivity contribution >= 4 is 23.8 Å². The summed E-state index contributed by atoms with van der Waals surface area (Å²) in [6, 6.07) is 12.8. The van der Waals surface area contributed by atoms with Gasteiger partial charge >= 0.3 is 6.36 Å². The molecule has 2 atom stereocenters. The van der Waals surface area contributed by atoms with Crippen molar-refractivity contribution in [2.75, 3.05) is 18.5 Å². The van der Waals surface area contributed by atoms with Crippen LogP contribution in [0.2, 0.25) is 0 Å². The Labute approximate surface area is 194 Å². The number of amides is 1. The summed E-state index contributed by atoms with van der Waals surface area (Å²) in [7, 11) is 0. The molecule has 0 radical (unpaired) electrons. The van der Waals surface area contributed by atoms with Crippen molar-refractivity contribution < 1.29 is 27.4 Å². The Kier molecular flexibility index (Phi) is 6.60. The van der Waals surface area contributed by atoms with Gasteiger partial charge in [-0.3, -0.25) is 4.79 Å². The van der Waals surface area contributed by atoms with Gasteiger partial charge in [-0.05, 0) is 55.2 Å². The highest BCUT2D eigenvalue weighted by Crippen LogP contribution is 2.37. The standard InChI is InChI=1S/C24H25F3N4O3/c1-15-20(14-29-22(28)30-15)16-2-4-17(5-3-16)23(10-12-33-13-11-23)21(32)31-18-6-8-19(9-7-18)34-24(25,26)27/h2-9,14-15,20H,10-13H2,1H3,(H2,28,30)(H,31,32). The van der Waals surface area contributed by atoms with Crippen molar-refractivity contribution in [1.29, 1.82) is 0 Å². The topological polar surface area (TPSA) is 98.3 Å². The number of carbonyl (C=O) groups excluding carboxylic acids is 1. The Morgan fingerprint density at radius 2 is 1.76 bits per heavy atom. The smallest absolute Gasteiger partial charge is 0.406 e. The number of anilines is 1. The summed E-state index contributed by atoms with van der Waals surface area (Å²) in [5, 5.41) is 2.85.